The van der Waals surface area contributed by atoms with Crippen molar-refractivity contribution in [3.63, 3.8) is 0 Å². The highest BCUT2D eigenvalue weighted by atomic mass is 79.9. The van der Waals surface area contributed by atoms with Gasteiger partial charge >= 0.3 is 0 Å². The third-order valence-electron chi connectivity index (χ3n) is 2.32. The standard InChI is InChI=1S/C13H19BrO2/c1-4-15-6-5-7-16-12-8-10(2)13(14)11(3)9-12/h8-9H,4-7H2,1-3H3. The van der Waals surface area contributed by atoms with Crippen molar-refractivity contribution in [3.8, 4) is 5.75 Å². The third-order valence-corrected chi connectivity index (χ3v) is 3.57. The van der Waals surface area contributed by atoms with Gasteiger partial charge in [-0.3, -0.25) is 0 Å². The first-order valence-electron chi connectivity index (χ1n) is 5.62. The van der Waals surface area contributed by atoms with Crippen molar-refractivity contribution in [2.45, 2.75) is 27.2 Å². The van der Waals surface area contributed by atoms with Crippen LogP contribution in [-0.4, -0.2) is 19.8 Å². The molecule has 16 heavy (non-hydrogen) atoms. The van der Waals surface area contributed by atoms with Gasteiger partial charge in [0, 0.05) is 24.1 Å². The second kappa shape index (κ2) is 6.92. The van der Waals surface area contributed by atoms with E-state index < -0.39 is 0 Å². The highest BCUT2D eigenvalue weighted by Gasteiger charge is 2.02. The Hall–Kier alpha value is -0.540. The van der Waals surface area contributed by atoms with E-state index in [2.05, 4.69) is 41.9 Å². The molecule has 0 aliphatic heterocycles. The number of aryl methyl sites for hydroxylation is 2. The van der Waals surface area contributed by atoms with Crippen LogP contribution in [0.25, 0.3) is 0 Å². The predicted octanol–water partition coefficient (Wildman–Crippen LogP) is 3.87. The number of halogens is 1. The zero-order chi connectivity index (χ0) is 12.0. The van der Waals surface area contributed by atoms with E-state index in [4.69, 9.17) is 9.47 Å². The maximum atomic E-state index is 5.67. The fourth-order valence-electron chi connectivity index (χ4n) is 1.48. The van der Waals surface area contributed by atoms with Crippen molar-refractivity contribution in [2.75, 3.05) is 19.8 Å². The molecule has 1 rings (SSSR count). The summed E-state index contributed by atoms with van der Waals surface area (Å²) in [6.45, 7) is 8.40. The topological polar surface area (TPSA) is 18.5 Å². The monoisotopic (exact) mass is 286 g/mol. The number of hydrogen-bond acceptors (Lipinski definition) is 2. The molecule has 0 aliphatic rings. The zero-order valence-corrected chi connectivity index (χ0v) is 11.8. The minimum atomic E-state index is 0.709. The highest BCUT2D eigenvalue weighted by molar-refractivity contribution is 9.10. The molecule has 0 atom stereocenters. The average Bonchev–Trinajstić information content (AvgIpc) is 2.25. The summed E-state index contributed by atoms with van der Waals surface area (Å²) in [7, 11) is 0. The summed E-state index contributed by atoms with van der Waals surface area (Å²) >= 11 is 3.54. The molecule has 0 unspecified atom stereocenters. The van der Waals surface area contributed by atoms with Gasteiger partial charge in [-0.15, -0.1) is 0 Å². The van der Waals surface area contributed by atoms with E-state index in [1.165, 1.54) is 11.1 Å². The zero-order valence-electron chi connectivity index (χ0n) is 10.2. The van der Waals surface area contributed by atoms with Crippen molar-refractivity contribution in [1.29, 1.82) is 0 Å². The molecule has 0 spiro atoms. The Labute approximate surface area is 106 Å². The van der Waals surface area contributed by atoms with Gasteiger partial charge in [-0.25, -0.2) is 0 Å². The van der Waals surface area contributed by atoms with Crippen LogP contribution in [0.4, 0.5) is 0 Å². The molecule has 0 amide bonds. The Morgan fingerprint density at radius 2 is 1.75 bits per heavy atom. The number of benzene rings is 1. The van der Waals surface area contributed by atoms with E-state index in [1.54, 1.807) is 0 Å². The lowest BCUT2D eigenvalue weighted by molar-refractivity contribution is 0.131. The second-order valence-electron chi connectivity index (χ2n) is 3.77. The molecule has 0 aromatic heterocycles. The van der Waals surface area contributed by atoms with Gasteiger partial charge in [0.25, 0.3) is 0 Å². The lowest BCUT2D eigenvalue weighted by atomic mass is 10.1. The van der Waals surface area contributed by atoms with Crippen molar-refractivity contribution >= 4 is 15.9 Å². The van der Waals surface area contributed by atoms with Crippen LogP contribution in [0.3, 0.4) is 0 Å². The molecule has 90 valence electrons. The minimum absolute atomic E-state index is 0.709. The largest absolute Gasteiger partial charge is 0.493 e. The van der Waals surface area contributed by atoms with Crippen LogP contribution < -0.4 is 4.74 Å². The lowest BCUT2D eigenvalue weighted by Gasteiger charge is -2.10. The van der Waals surface area contributed by atoms with E-state index in [9.17, 15) is 0 Å². The summed E-state index contributed by atoms with van der Waals surface area (Å²) in [5.74, 6) is 0.940. The van der Waals surface area contributed by atoms with E-state index in [0.717, 1.165) is 29.9 Å². The van der Waals surface area contributed by atoms with Gasteiger partial charge in [0.15, 0.2) is 0 Å². The fraction of sp³-hybridized carbons (Fsp3) is 0.538. The van der Waals surface area contributed by atoms with Crippen molar-refractivity contribution in [3.05, 3.63) is 27.7 Å². The number of ether oxygens (including phenoxy) is 2. The minimum Gasteiger partial charge on any atom is -0.493 e. The first-order valence-corrected chi connectivity index (χ1v) is 6.41. The molecule has 0 heterocycles. The van der Waals surface area contributed by atoms with Gasteiger partial charge in [-0.1, -0.05) is 15.9 Å². The Morgan fingerprint density at radius 3 is 2.31 bits per heavy atom. The van der Waals surface area contributed by atoms with Crippen molar-refractivity contribution in [2.24, 2.45) is 0 Å². The van der Waals surface area contributed by atoms with Gasteiger partial charge in [-0.05, 0) is 44.0 Å². The molecule has 0 saturated carbocycles. The smallest absolute Gasteiger partial charge is 0.119 e. The second-order valence-corrected chi connectivity index (χ2v) is 4.56. The van der Waals surface area contributed by atoms with Crippen LogP contribution in [0, 0.1) is 13.8 Å². The lowest BCUT2D eigenvalue weighted by Crippen LogP contribution is -2.03. The van der Waals surface area contributed by atoms with Crippen LogP contribution in [0.15, 0.2) is 16.6 Å². The summed E-state index contributed by atoms with van der Waals surface area (Å²) in [5.41, 5.74) is 2.42. The van der Waals surface area contributed by atoms with E-state index >= 15 is 0 Å². The van der Waals surface area contributed by atoms with Crippen LogP contribution in [-0.2, 0) is 4.74 Å². The molecule has 0 N–H and O–H groups in total. The SMILES string of the molecule is CCOCCCOc1cc(C)c(Br)c(C)c1. The first-order chi connectivity index (χ1) is 7.65. The quantitative estimate of drug-likeness (QED) is 0.739. The van der Waals surface area contributed by atoms with Gasteiger partial charge in [0.1, 0.15) is 5.75 Å². The molecule has 0 radical (unpaired) electrons. The van der Waals surface area contributed by atoms with E-state index in [-0.39, 0.29) is 0 Å². The van der Waals surface area contributed by atoms with Crippen LogP contribution >= 0.6 is 15.9 Å². The summed E-state index contributed by atoms with van der Waals surface area (Å²) in [5, 5.41) is 0. The average molecular weight is 287 g/mol. The van der Waals surface area contributed by atoms with Crippen LogP contribution in [0.5, 0.6) is 5.75 Å². The summed E-state index contributed by atoms with van der Waals surface area (Å²) < 4.78 is 12.1. The van der Waals surface area contributed by atoms with Gasteiger partial charge < -0.3 is 9.47 Å². The van der Waals surface area contributed by atoms with Crippen LogP contribution in [0.1, 0.15) is 24.5 Å². The predicted molar refractivity (Wildman–Crippen MR) is 70.2 cm³/mol. The molecule has 1 aromatic rings. The molecular formula is C13H19BrO2. The van der Waals surface area contributed by atoms with Crippen LogP contribution in [0.2, 0.25) is 0 Å². The summed E-state index contributed by atoms with van der Waals surface area (Å²) in [4.78, 5) is 0. The molecule has 0 fully saturated rings. The van der Waals surface area contributed by atoms with Gasteiger partial charge in [0.05, 0.1) is 6.61 Å². The number of hydrogen-bond donors (Lipinski definition) is 0. The summed E-state index contributed by atoms with van der Waals surface area (Å²) in [6.07, 6.45) is 0.933. The fourth-order valence-corrected chi connectivity index (χ4v) is 1.71. The molecule has 0 saturated heterocycles. The molecular weight excluding hydrogens is 268 g/mol. The van der Waals surface area contributed by atoms with Gasteiger partial charge in [-0.2, -0.15) is 0 Å². The Morgan fingerprint density at radius 1 is 1.12 bits per heavy atom. The Bertz CT molecular complexity index is 314. The molecule has 0 aliphatic carbocycles. The first kappa shape index (κ1) is 13.5. The maximum Gasteiger partial charge on any atom is 0.119 e. The Kier molecular flexibility index (Phi) is 5.85. The normalized spacial score (nSPS) is 10.5. The molecule has 1 aromatic carbocycles. The third kappa shape index (κ3) is 4.14. The summed E-state index contributed by atoms with van der Waals surface area (Å²) in [6, 6.07) is 4.11. The van der Waals surface area contributed by atoms with Crippen molar-refractivity contribution in [1.82, 2.24) is 0 Å². The van der Waals surface area contributed by atoms with E-state index in [0.29, 0.717) is 6.61 Å². The Balaban J connectivity index is 2.43. The number of rotatable bonds is 6. The van der Waals surface area contributed by atoms with E-state index in [1.807, 2.05) is 6.92 Å². The van der Waals surface area contributed by atoms with Crippen molar-refractivity contribution < 1.29 is 9.47 Å². The highest BCUT2D eigenvalue weighted by Crippen LogP contribution is 2.26. The molecule has 0 bridgehead atoms. The van der Waals surface area contributed by atoms with Gasteiger partial charge in [0.2, 0.25) is 0 Å². The maximum absolute atomic E-state index is 5.67. The molecule has 2 nitrogen and oxygen atoms in total. The molecule has 3 heteroatoms.